The molecular formula is C66H46N2. The summed E-state index contributed by atoms with van der Waals surface area (Å²) in [5.41, 5.74) is 21.7. The van der Waals surface area contributed by atoms with E-state index in [2.05, 4.69) is 266 Å². The van der Waals surface area contributed by atoms with E-state index in [0.717, 1.165) is 17.1 Å². The van der Waals surface area contributed by atoms with Crippen LogP contribution in [-0.4, -0.2) is 0 Å². The van der Waals surface area contributed by atoms with Crippen LogP contribution in [0.2, 0.25) is 0 Å². The number of anilines is 6. The maximum atomic E-state index is 2.56. The van der Waals surface area contributed by atoms with Gasteiger partial charge in [0.2, 0.25) is 0 Å². The summed E-state index contributed by atoms with van der Waals surface area (Å²) in [5, 5.41) is 4.91. The minimum absolute atomic E-state index is 0.324. The number of benzene rings is 11. The lowest BCUT2D eigenvalue weighted by molar-refractivity contribution is 0.632. The van der Waals surface area contributed by atoms with Gasteiger partial charge in [-0.3, -0.25) is 0 Å². The van der Waals surface area contributed by atoms with Crippen LogP contribution in [0.4, 0.5) is 34.1 Å². The smallest absolute Gasteiger partial charge is 0.0726 e. The molecule has 1 spiro atoms. The average molecular weight is 867 g/mol. The van der Waals surface area contributed by atoms with Crippen LogP contribution in [0.25, 0.3) is 54.9 Å². The molecule has 14 rings (SSSR count). The van der Waals surface area contributed by atoms with Crippen molar-refractivity contribution in [2.24, 2.45) is 0 Å². The Morgan fingerprint density at radius 2 is 0.824 bits per heavy atom. The SMILES string of the molecule is CC1(C)c2ccccc2N(c2c(-c3ccc4ccccc4c3)ccc3ccccc23)c2ccc(N(c3ccccc3)c3ccc4c(c3)C3(c5ccccc5-c5ccccc53)c3ccccc3-4)cc21. The number of rotatable bonds is 5. The van der Waals surface area contributed by atoms with Crippen molar-refractivity contribution < 1.29 is 0 Å². The van der Waals surface area contributed by atoms with Crippen LogP contribution >= 0.6 is 0 Å². The van der Waals surface area contributed by atoms with Crippen molar-refractivity contribution in [3.05, 3.63) is 276 Å². The van der Waals surface area contributed by atoms with E-state index < -0.39 is 5.41 Å². The van der Waals surface area contributed by atoms with Crippen molar-refractivity contribution in [1.82, 2.24) is 0 Å². The van der Waals surface area contributed by atoms with Crippen LogP contribution in [0.3, 0.4) is 0 Å². The maximum absolute atomic E-state index is 2.56. The lowest BCUT2D eigenvalue weighted by Gasteiger charge is -2.43. The normalized spacial score (nSPS) is 14.2. The van der Waals surface area contributed by atoms with Gasteiger partial charge in [0.05, 0.1) is 22.5 Å². The fourth-order valence-electron chi connectivity index (χ4n) is 12.4. The van der Waals surface area contributed by atoms with Gasteiger partial charge in [0.15, 0.2) is 0 Å². The zero-order valence-corrected chi connectivity index (χ0v) is 38.0. The molecule has 0 atom stereocenters. The van der Waals surface area contributed by atoms with Crippen molar-refractivity contribution >= 4 is 55.7 Å². The molecule has 0 aromatic heterocycles. The molecule has 0 fully saturated rings. The van der Waals surface area contributed by atoms with Gasteiger partial charge >= 0.3 is 0 Å². The molecule has 1 aliphatic heterocycles. The molecule has 0 saturated heterocycles. The van der Waals surface area contributed by atoms with Gasteiger partial charge < -0.3 is 9.80 Å². The van der Waals surface area contributed by atoms with Crippen molar-refractivity contribution in [3.63, 3.8) is 0 Å². The van der Waals surface area contributed by atoms with Crippen LogP contribution in [0, 0.1) is 0 Å². The molecule has 2 nitrogen and oxygen atoms in total. The summed E-state index contributed by atoms with van der Waals surface area (Å²) in [5.74, 6) is 0. The van der Waals surface area contributed by atoms with E-state index in [4.69, 9.17) is 0 Å². The molecule has 11 aromatic rings. The van der Waals surface area contributed by atoms with Gasteiger partial charge in [0, 0.05) is 33.4 Å². The van der Waals surface area contributed by atoms with Gasteiger partial charge in [-0.1, -0.05) is 202 Å². The number of fused-ring (bicyclic) bond motifs is 14. The summed E-state index contributed by atoms with van der Waals surface area (Å²) in [6.07, 6.45) is 0. The Labute approximate surface area is 397 Å². The van der Waals surface area contributed by atoms with Crippen molar-refractivity contribution in [2.75, 3.05) is 9.80 Å². The Morgan fingerprint density at radius 1 is 0.324 bits per heavy atom. The van der Waals surface area contributed by atoms with Gasteiger partial charge in [-0.25, -0.2) is 0 Å². The van der Waals surface area contributed by atoms with Gasteiger partial charge in [-0.05, 0) is 132 Å². The first-order valence-electron chi connectivity index (χ1n) is 23.8. The predicted octanol–water partition coefficient (Wildman–Crippen LogP) is 17.6. The van der Waals surface area contributed by atoms with Gasteiger partial charge in [-0.2, -0.15) is 0 Å². The first-order valence-corrected chi connectivity index (χ1v) is 23.8. The number of hydrogen-bond donors (Lipinski definition) is 0. The highest BCUT2D eigenvalue weighted by Gasteiger charge is 2.51. The van der Waals surface area contributed by atoms with Crippen LogP contribution in [-0.2, 0) is 10.8 Å². The van der Waals surface area contributed by atoms with E-state index in [-0.39, 0.29) is 5.41 Å². The van der Waals surface area contributed by atoms with Crippen molar-refractivity contribution in [2.45, 2.75) is 24.7 Å². The van der Waals surface area contributed by atoms with E-state index in [1.54, 1.807) is 0 Å². The summed E-state index contributed by atoms with van der Waals surface area (Å²) < 4.78 is 0. The lowest BCUT2D eigenvalue weighted by atomic mass is 9.70. The third kappa shape index (κ3) is 5.34. The Balaban J connectivity index is 0.999. The molecule has 2 heteroatoms. The van der Waals surface area contributed by atoms with E-state index in [1.807, 2.05) is 0 Å². The molecule has 1 heterocycles. The van der Waals surface area contributed by atoms with Gasteiger partial charge in [0.25, 0.3) is 0 Å². The summed E-state index contributed by atoms with van der Waals surface area (Å²) in [6, 6.07) is 90.7. The molecule has 0 radical (unpaired) electrons. The fourth-order valence-corrected chi connectivity index (χ4v) is 12.4. The van der Waals surface area contributed by atoms with Crippen LogP contribution in [0.1, 0.15) is 47.2 Å². The Kier molecular flexibility index (Phi) is 8.28. The van der Waals surface area contributed by atoms with Crippen molar-refractivity contribution in [3.8, 4) is 33.4 Å². The quantitative estimate of drug-likeness (QED) is 0.170. The standard InChI is InChI=1S/C66H46N2/c1-65(2)59-30-16-17-31-62(59)68(64-50-23-9-8-19-44(50)34-37-51(64)46-33-32-43-18-6-7-20-45(43)40-46)63-39-36-49(42-61(63)65)67(47-21-4-3-5-22-47)48-35-38-55-54-26-12-15-29-58(54)66(60(55)41-48)56-27-13-10-24-52(56)53-25-11-14-28-57(53)66/h3-42H,1-2H3. The minimum atomic E-state index is -0.444. The van der Waals surface area contributed by atoms with Gasteiger partial charge in [-0.15, -0.1) is 0 Å². The minimum Gasteiger partial charge on any atom is -0.310 e. The third-order valence-corrected chi connectivity index (χ3v) is 15.4. The third-order valence-electron chi connectivity index (χ3n) is 15.4. The molecule has 0 N–H and O–H groups in total. The topological polar surface area (TPSA) is 6.48 Å². The monoisotopic (exact) mass is 866 g/mol. The number of nitrogens with zero attached hydrogens (tertiary/aromatic N) is 2. The molecule has 11 aromatic carbocycles. The van der Waals surface area contributed by atoms with Crippen LogP contribution in [0.5, 0.6) is 0 Å². The van der Waals surface area contributed by atoms with E-state index >= 15 is 0 Å². The molecule has 320 valence electrons. The average Bonchev–Trinajstić information content (AvgIpc) is 3.86. The molecule has 0 bridgehead atoms. The van der Waals surface area contributed by atoms with Crippen LogP contribution < -0.4 is 9.80 Å². The number of hydrogen-bond acceptors (Lipinski definition) is 2. The summed E-state index contributed by atoms with van der Waals surface area (Å²) in [7, 11) is 0. The molecule has 3 aliphatic rings. The maximum Gasteiger partial charge on any atom is 0.0726 e. The molecule has 68 heavy (non-hydrogen) atoms. The molecular weight excluding hydrogens is 821 g/mol. The Bertz CT molecular complexity index is 3800. The summed E-state index contributed by atoms with van der Waals surface area (Å²) >= 11 is 0. The second-order valence-corrected chi connectivity index (χ2v) is 19.2. The lowest BCUT2D eigenvalue weighted by Crippen LogP contribution is -2.31. The second kappa shape index (κ2) is 14.5. The molecule has 0 unspecified atom stereocenters. The summed E-state index contributed by atoms with van der Waals surface area (Å²) in [6.45, 7) is 4.80. The number of para-hydroxylation sites is 2. The molecule has 2 aliphatic carbocycles. The second-order valence-electron chi connectivity index (χ2n) is 19.2. The first kappa shape index (κ1) is 38.8. The highest BCUT2D eigenvalue weighted by atomic mass is 15.2. The van der Waals surface area contributed by atoms with Crippen LogP contribution in [0.15, 0.2) is 243 Å². The molecule has 0 saturated carbocycles. The zero-order chi connectivity index (χ0) is 45.1. The zero-order valence-electron chi connectivity index (χ0n) is 38.0. The van der Waals surface area contributed by atoms with Gasteiger partial charge in [0.1, 0.15) is 0 Å². The Hall–Kier alpha value is -8.46. The summed E-state index contributed by atoms with van der Waals surface area (Å²) in [4.78, 5) is 5.04. The largest absolute Gasteiger partial charge is 0.310 e. The van der Waals surface area contributed by atoms with E-state index in [9.17, 15) is 0 Å². The fraction of sp³-hybridized carbons (Fsp3) is 0.0606. The van der Waals surface area contributed by atoms with E-state index in [1.165, 1.54) is 105 Å². The van der Waals surface area contributed by atoms with Crippen molar-refractivity contribution in [1.29, 1.82) is 0 Å². The predicted molar refractivity (Wildman–Crippen MR) is 285 cm³/mol. The first-order chi connectivity index (χ1) is 33.5. The highest BCUT2D eigenvalue weighted by Crippen LogP contribution is 2.64. The van der Waals surface area contributed by atoms with E-state index in [0.29, 0.717) is 0 Å². The molecule has 0 amide bonds. The highest BCUT2D eigenvalue weighted by molar-refractivity contribution is 6.08. The Morgan fingerprint density at radius 3 is 1.53 bits per heavy atom.